The van der Waals surface area contributed by atoms with Crippen LogP contribution in [0.2, 0.25) is 0 Å². The minimum atomic E-state index is -0.819. The average Bonchev–Trinajstić information content (AvgIpc) is 3.17. The highest BCUT2D eigenvalue weighted by Crippen LogP contribution is 2.28. The number of urea groups is 1. The Morgan fingerprint density at radius 3 is 2.61 bits per heavy atom. The molecule has 1 aliphatic carbocycles. The molecule has 3 N–H and O–H groups in total. The van der Waals surface area contributed by atoms with E-state index in [1.807, 2.05) is 12.1 Å². The van der Waals surface area contributed by atoms with Crippen molar-refractivity contribution in [2.45, 2.75) is 65.1 Å². The Hall–Kier alpha value is -3.43. The minimum Gasteiger partial charge on any atom is -0.353 e. The van der Waals surface area contributed by atoms with Gasteiger partial charge in [0.25, 0.3) is 5.91 Å². The molecule has 176 valence electrons. The third-order valence-electron chi connectivity index (χ3n) is 5.97. The number of pyridine rings is 1. The van der Waals surface area contributed by atoms with Crippen molar-refractivity contribution in [3.8, 4) is 0 Å². The molecule has 1 saturated heterocycles. The van der Waals surface area contributed by atoms with E-state index in [4.69, 9.17) is 4.98 Å². The van der Waals surface area contributed by atoms with Crippen LogP contribution in [-0.2, 0) is 23.2 Å². The van der Waals surface area contributed by atoms with Crippen LogP contribution in [0.3, 0.4) is 0 Å². The predicted molar refractivity (Wildman–Crippen MR) is 123 cm³/mol. The molecule has 10 nitrogen and oxygen atoms in total. The summed E-state index contributed by atoms with van der Waals surface area (Å²) in [5, 5.41) is 7.50. The van der Waals surface area contributed by atoms with Crippen LogP contribution in [0, 0.1) is 5.41 Å². The monoisotopic (exact) mass is 454 g/mol. The summed E-state index contributed by atoms with van der Waals surface area (Å²) in [5.41, 5.74) is 3.30. The first kappa shape index (κ1) is 22.8. The maximum absolute atomic E-state index is 12.7. The minimum absolute atomic E-state index is 0.0325. The summed E-state index contributed by atoms with van der Waals surface area (Å²) in [6, 6.07) is 2.48. The van der Waals surface area contributed by atoms with Gasteiger partial charge >= 0.3 is 11.7 Å². The average molecular weight is 455 g/mol. The van der Waals surface area contributed by atoms with Gasteiger partial charge in [0.05, 0.1) is 17.6 Å². The van der Waals surface area contributed by atoms with Gasteiger partial charge in [-0.3, -0.25) is 24.0 Å². The molecule has 1 fully saturated rings. The predicted octanol–water partition coefficient (Wildman–Crippen LogP) is 1.43. The van der Waals surface area contributed by atoms with Crippen molar-refractivity contribution in [3.63, 3.8) is 0 Å². The van der Waals surface area contributed by atoms with Crippen LogP contribution in [0.1, 0.15) is 52.1 Å². The van der Waals surface area contributed by atoms with Gasteiger partial charge in [-0.25, -0.2) is 14.6 Å². The van der Waals surface area contributed by atoms with E-state index in [1.54, 1.807) is 16.2 Å². The van der Waals surface area contributed by atoms with Crippen LogP contribution in [-0.4, -0.2) is 44.0 Å². The van der Waals surface area contributed by atoms with Crippen LogP contribution in [0.15, 0.2) is 23.0 Å². The molecule has 2 aromatic heterocycles. The van der Waals surface area contributed by atoms with Crippen LogP contribution in [0.5, 0.6) is 0 Å². The normalized spacial score (nSPS) is 21.0. The highest BCUT2D eigenvalue weighted by Gasteiger charge is 2.32. The molecule has 0 aromatic carbocycles. The molecule has 3 heterocycles. The molecule has 0 radical (unpaired) electrons. The zero-order chi connectivity index (χ0) is 23.9. The van der Waals surface area contributed by atoms with Crippen LogP contribution >= 0.6 is 0 Å². The first-order chi connectivity index (χ1) is 15.5. The number of fused-ring (bicyclic) bond motifs is 1. The van der Waals surface area contributed by atoms with Gasteiger partial charge in [-0.1, -0.05) is 26.8 Å². The van der Waals surface area contributed by atoms with E-state index in [1.165, 1.54) is 0 Å². The molecule has 33 heavy (non-hydrogen) atoms. The zero-order valence-corrected chi connectivity index (χ0v) is 19.4. The van der Waals surface area contributed by atoms with E-state index in [0.717, 1.165) is 29.6 Å². The molecular formula is C23H30N6O4. The van der Waals surface area contributed by atoms with E-state index in [0.29, 0.717) is 18.6 Å². The fraction of sp³-hybridized carbons (Fsp3) is 0.522. The maximum atomic E-state index is 12.7. The van der Waals surface area contributed by atoms with Crippen molar-refractivity contribution in [1.29, 1.82) is 0 Å². The number of rotatable bonds is 5. The molecule has 1 aliphatic heterocycles. The number of amides is 4. The zero-order valence-electron chi connectivity index (χ0n) is 19.4. The Kier molecular flexibility index (Phi) is 5.85. The lowest BCUT2D eigenvalue weighted by Gasteiger charge is -2.23. The van der Waals surface area contributed by atoms with Crippen molar-refractivity contribution >= 4 is 34.6 Å². The van der Waals surface area contributed by atoms with Crippen LogP contribution in [0.25, 0.3) is 16.7 Å². The molecule has 2 unspecified atom stereocenters. The maximum Gasteiger partial charge on any atom is 0.330 e. The van der Waals surface area contributed by atoms with Crippen LogP contribution in [0.4, 0.5) is 4.79 Å². The second kappa shape index (κ2) is 8.49. The number of hydrogen-bond acceptors (Lipinski definition) is 5. The molecule has 0 spiro atoms. The molecule has 2 aliphatic rings. The third-order valence-corrected chi connectivity index (χ3v) is 5.97. The number of nitrogens with one attached hydrogen (secondary N) is 3. The number of allylic oxidation sites excluding steroid dienone is 1. The number of nitrogens with zero attached hydrogens (tertiary/aromatic N) is 3. The van der Waals surface area contributed by atoms with Crippen LogP contribution < -0.4 is 21.6 Å². The van der Waals surface area contributed by atoms with E-state index in [2.05, 4.69) is 42.8 Å². The lowest BCUT2D eigenvalue weighted by Crippen LogP contribution is -2.41. The molecule has 0 bridgehead atoms. The number of hydrogen-bond donors (Lipinski definition) is 3. The second-order valence-corrected chi connectivity index (χ2v) is 10.0. The first-order valence-corrected chi connectivity index (χ1v) is 11.2. The molecule has 10 heteroatoms. The van der Waals surface area contributed by atoms with Gasteiger partial charge in [0, 0.05) is 19.6 Å². The Morgan fingerprint density at radius 2 is 2.00 bits per heavy atom. The van der Waals surface area contributed by atoms with E-state index in [-0.39, 0.29) is 29.5 Å². The molecule has 4 amide bonds. The number of imide groups is 1. The van der Waals surface area contributed by atoms with Gasteiger partial charge in [-0.05, 0) is 42.4 Å². The number of aryl methyl sites for hydroxylation is 1. The molecular weight excluding hydrogens is 424 g/mol. The van der Waals surface area contributed by atoms with Gasteiger partial charge in [-0.2, -0.15) is 0 Å². The van der Waals surface area contributed by atoms with E-state index >= 15 is 0 Å². The number of aromatic nitrogens is 3. The van der Waals surface area contributed by atoms with Crippen molar-refractivity contribution in [2.75, 3.05) is 0 Å². The van der Waals surface area contributed by atoms with Crippen molar-refractivity contribution < 1.29 is 14.4 Å². The summed E-state index contributed by atoms with van der Waals surface area (Å²) in [7, 11) is 1.74. The molecule has 2 atom stereocenters. The number of imidazole rings is 1. The summed E-state index contributed by atoms with van der Waals surface area (Å²) in [4.78, 5) is 52.6. The first-order valence-electron chi connectivity index (χ1n) is 11.2. The summed E-state index contributed by atoms with van der Waals surface area (Å²) in [6.07, 6.45) is 4.11. The number of carbonyl (C=O) groups excluding carboxylic acids is 3. The van der Waals surface area contributed by atoms with Gasteiger partial charge < -0.3 is 10.6 Å². The molecule has 4 rings (SSSR count). The highest BCUT2D eigenvalue weighted by molar-refractivity contribution is 6.05. The standard InChI is InChI=1S/C23H30N6O4/c1-23(2,3)12-29-17-10-9-15(25-19(17)28(4)22(29)33)13-5-7-14(8-6-13)24-18(30)11-16-20(31)27-21(32)26-16/h5,9-10,14,16H,6-8,11-12H2,1-4H3,(H,24,30)(H2,26,27,31,32). The van der Waals surface area contributed by atoms with Crippen molar-refractivity contribution in [1.82, 2.24) is 30.1 Å². The summed E-state index contributed by atoms with van der Waals surface area (Å²) < 4.78 is 3.37. The summed E-state index contributed by atoms with van der Waals surface area (Å²) >= 11 is 0. The van der Waals surface area contributed by atoms with Crippen molar-refractivity contribution in [2.24, 2.45) is 12.5 Å². The number of carbonyl (C=O) groups is 3. The van der Waals surface area contributed by atoms with Crippen molar-refractivity contribution in [3.05, 3.63) is 34.4 Å². The van der Waals surface area contributed by atoms with E-state index < -0.39 is 18.0 Å². The fourth-order valence-electron chi connectivity index (χ4n) is 4.35. The van der Waals surface area contributed by atoms with Gasteiger partial charge in [0.2, 0.25) is 5.91 Å². The van der Waals surface area contributed by atoms with Gasteiger partial charge in [-0.15, -0.1) is 0 Å². The molecule has 0 saturated carbocycles. The third kappa shape index (κ3) is 4.84. The largest absolute Gasteiger partial charge is 0.353 e. The smallest absolute Gasteiger partial charge is 0.330 e. The Morgan fingerprint density at radius 1 is 1.24 bits per heavy atom. The lowest BCUT2D eigenvalue weighted by atomic mass is 9.92. The fourth-order valence-corrected chi connectivity index (χ4v) is 4.35. The van der Waals surface area contributed by atoms with Gasteiger partial charge in [0.15, 0.2) is 5.65 Å². The highest BCUT2D eigenvalue weighted by atomic mass is 16.2. The summed E-state index contributed by atoms with van der Waals surface area (Å²) in [5.74, 6) is -0.748. The second-order valence-electron chi connectivity index (χ2n) is 10.0. The topological polar surface area (TPSA) is 127 Å². The lowest BCUT2D eigenvalue weighted by molar-refractivity contribution is -0.126. The Labute approximate surface area is 191 Å². The Bertz CT molecular complexity index is 1220. The molecule has 2 aromatic rings. The quantitative estimate of drug-likeness (QED) is 0.589. The summed E-state index contributed by atoms with van der Waals surface area (Å²) in [6.45, 7) is 6.91. The Balaban J connectivity index is 1.44. The van der Waals surface area contributed by atoms with E-state index in [9.17, 15) is 19.2 Å². The SMILES string of the molecule is Cn1c(=O)n(CC(C)(C)C)c2ccc(C3=CCC(NC(=O)CC4NC(=O)NC4=O)CC3)nc21. The van der Waals surface area contributed by atoms with Gasteiger partial charge in [0.1, 0.15) is 6.04 Å².